The molecule has 0 aliphatic rings. The first-order chi connectivity index (χ1) is 11.8. The first-order valence-corrected chi connectivity index (χ1v) is 8.07. The van der Waals surface area contributed by atoms with Crippen molar-refractivity contribution in [3.63, 3.8) is 0 Å². The van der Waals surface area contributed by atoms with Crippen LogP contribution in [-0.2, 0) is 0 Å². The third-order valence-corrected chi connectivity index (χ3v) is 4.10. The van der Waals surface area contributed by atoms with E-state index in [2.05, 4.69) is 4.98 Å². The summed E-state index contributed by atoms with van der Waals surface area (Å²) >= 11 is 0. The molecule has 1 aromatic heterocycles. The fourth-order valence-electron chi connectivity index (χ4n) is 2.76. The Morgan fingerprint density at radius 3 is 2.24 bits per heavy atom. The van der Waals surface area contributed by atoms with E-state index in [1.165, 1.54) is 6.92 Å². The van der Waals surface area contributed by atoms with E-state index in [9.17, 15) is 9.59 Å². The predicted octanol–water partition coefficient (Wildman–Crippen LogP) is 2.99. The molecule has 25 heavy (non-hydrogen) atoms. The van der Waals surface area contributed by atoms with Crippen molar-refractivity contribution in [1.29, 1.82) is 0 Å². The second-order valence-corrected chi connectivity index (χ2v) is 5.93. The van der Waals surface area contributed by atoms with Crippen LogP contribution in [0.3, 0.4) is 0 Å². The van der Waals surface area contributed by atoms with E-state index in [0.717, 1.165) is 11.4 Å². The van der Waals surface area contributed by atoms with E-state index in [1.54, 1.807) is 32.9 Å². The van der Waals surface area contributed by atoms with Gasteiger partial charge in [-0.05, 0) is 50.6 Å². The van der Waals surface area contributed by atoms with Gasteiger partial charge in [-0.15, -0.1) is 0 Å². The standard InChI is InChI=1S/C19H24N2O4/c1-12-17(14(3)22)13(2)20-18(12)19(23)21(4)10-11-25-16-8-6-15(24-5)7-9-16/h6-9,20H,10-11H2,1-5H3. The minimum absolute atomic E-state index is 0.0456. The van der Waals surface area contributed by atoms with Gasteiger partial charge in [-0.25, -0.2) is 0 Å². The number of nitrogens with one attached hydrogen (secondary N) is 1. The molecule has 0 aliphatic heterocycles. The number of ether oxygens (including phenoxy) is 2. The molecule has 134 valence electrons. The van der Waals surface area contributed by atoms with Crippen molar-refractivity contribution in [2.24, 2.45) is 0 Å². The highest BCUT2D eigenvalue weighted by atomic mass is 16.5. The summed E-state index contributed by atoms with van der Waals surface area (Å²) in [6.07, 6.45) is 0. The molecule has 1 N–H and O–H groups in total. The quantitative estimate of drug-likeness (QED) is 0.784. The number of methoxy groups -OCH3 is 1. The molecule has 0 saturated heterocycles. The fraction of sp³-hybridized carbons (Fsp3) is 0.368. The van der Waals surface area contributed by atoms with Gasteiger partial charge in [-0.1, -0.05) is 0 Å². The lowest BCUT2D eigenvalue weighted by atomic mass is 10.1. The van der Waals surface area contributed by atoms with Crippen LogP contribution in [-0.4, -0.2) is 48.9 Å². The lowest BCUT2D eigenvalue weighted by molar-refractivity contribution is 0.0768. The summed E-state index contributed by atoms with van der Waals surface area (Å²) < 4.78 is 10.7. The van der Waals surface area contributed by atoms with Gasteiger partial charge in [0.2, 0.25) is 0 Å². The van der Waals surface area contributed by atoms with Crippen LogP contribution in [0.1, 0.15) is 39.0 Å². The molecule has 0 fully saturated rings. The van der Waals surface area contributed by atoms with Crippen LogP contribution in [0, 0.1) is 13.8 Å². The Balaban J connectivity index is 1.96. The van der Waals surface area contributed by atoms with Crippen LogP contribution in [0.5, 0.6) is 11.5 Å². The number of hydrogen-bond donors (Lipinski definition) is 1. The number of likely N-dealkylation sites (N-methyl/N-ethyl adjacent to an activating group) is 1. The molecule has 2 rings (SSSR count). The number of amides is 1. The monoisotopic (exact) mass is 344 g/mol. The first-order valence-electron chi connectivity index (χ1n) is 8.07. The highest BCUT2D eigenvalue weighted by molar-refractivity contribution is 6.02. The van der Waals surface area contributed by atoms with Crippen molar-refractivity contribution in [3.05, 3.63) is 46.8 Å². The molecule has 0 radical (unpaired) electrons. The molecule has 0 aliphatic carbocycles. The third kappa shape index (κ3) is 4.21. The van der Waals surface area contributed by atoms with E-state index in [0.29, 0.717) is 35.7 Å². The Morgan fingerprint density at radius 2 is 1.72 bits per heavy atom. The lowest BCUT2D eigenvalue weighted by Crippen LogP contribution is -2.31. The van der Waals surface area contributed by atoms with Crippen molar-refractivity contribution in [2.45, 2.75) is 20.8 Å². The number of aryl methyl sites for hydroxylation is 1. The summed E-state index contributed by atoms with van der Waals surface area (Å²) in [5.41, 5.74) is 2.45. The van der Waals surface area contributed by atoms with Crippen LogP contribution in [0.15, 0.2) is 24.3 Å². The van der Waals surface area contributed by atoms with Gasteiger partial charge in [0.05, 0.1) is 13.7 Å². The predicted molar refractivity (Wildman–Crippen MR) is 95.7 cm³/mol. The van der Waals surface area contributed by atoms with Crippen molar-refractivity contribution in [1.82, 2.24) is 9.88 Å². The number of H-pyrrole nitrogens is 1. The SMILES string of the molecule is COc1ccc(OCCN(C)C(=O)c2[nH]c(C)c(C(C)=O)c2C)cc1. The minimum atomic E-state index is -0.161. The van der Waals surface area contributed by atoms with E-state index in [1.807, 2.05) is 24.3 Å². The maximum atomic E-state index is 12.6. The molecule has 1 heterocycles. The molecule has 0 unspecified atom stereocenters. The zero-order chi connectivity index (χ0) is 18.6. The number of aromatic amines is 1. The maximum Gasteiger partial charge on any atom is 0.270 e. The number of carbonyl (C=O) groups is 2. The normalized spacial score (nSPS) is 10.4. The van der Waals surface area contributed by atoms with Crippen LogP contribution in [0.25, 0.3) is 0 Å². The average molecular weight is 344 g/mol. The molecular formula is C19H24N2O4. The van der Waals surface area contributed by atoms with E-state index in [-0.39, 0.29) is 11.7 Å². The van der Waals surface area contributed by atoms with Crippen LogP contribution < -0.4 is 9.47 Å². The summed E-state index contributed by atoms with van der Waals surface area (Å²) in [4.78, 5) is 28.9. The van der Waals surface area contributed by atoms with Crippen LogP contribution in [0.2, 0.25) is 0 Å². The molecule has 0 saturated carbocycles. The molecule has 0 atom stereocenters. The molecule has 1 aromatic carbocycles. The maximum absolute atomic E-state index is 12.6. The summed E-state index contributed by atoms with van der Waals surface area (Å²) in [5.74, 6) is 1.27. The van der Waals surface area contributed by atoms with Gasteiger partial charge < -0.3 is 19.4 Å². The summed E-state index contributed by atoms with van der Waals surface area (Å²) in [6, 6.07) is 7.27. The summed E-state index contributed by atoms with van der Waals surface area (Å²) in [7, 11) is 3.32. The Morgan fingerprint density at radius 1 is 1.12 bits per heavy atom. The Kier molecular flexibility index (Phi) is 5.85. The molecule has 1 amide bonds. The highest BCUT2D eigenvalue weighted by Crippen LogP contribution is 2.20. The molecule has 6 heteroatoms. The molecule has 6 nitrogen and oxygen atoms in total. The van der Waals surface area contributed by atoms with Crippen molar-refractivity contribution < 1.29 is 19.1 Å². The Labute approximate surface area is 147 Å². The zero-order valence-electron chi connectivity index (χ0n) is 15.3. The van der Waals surface area contributed by atoms with Gasteiger partial charge in [0.1, 0.15) is 23.8 Å². The molecule has 0 spiro atoms. The second kappa shape index (κ2) is 7.88. The van der Waals surface area contributed by atoms with E-state index in [4.69, 9.17) is 9.47 Å². The zero-order valence-corrected chi connectivity index (χ0v) is 15.3. The van der Waals surface area contributed by atoms with Gasteiger partial charge in [-0.2, -0.15) is 0 Å². The third-order valence-electron chi connectivity index (χ3n) is 4.10. The fourth-order valence-corrected chi connectivity index (χ4v) is 2.76. The number of hydrogen-bond acceptors (Lipinski definition) is 4. The highest BCUT2D eigenvalue weighted by Gasteiger charge is 2.22. The van der Waals surface area contributed by atoms with Crippen LogP contribution >= 0.6 is 0 Å². The molecule has 2 aromatic rings. The van der Waals surface area contributed by atoms with E-state index >= 15 is 0 Å². The number of benzene rings is 1. The van der Waals surface area contributed by atoms with Crippen molar-refractivity contribution in [2.75, 3.05) is 27.3 Å². The Bertz CT molecular complexity index is 762. The second-order valence-electron chi connectivity index (χ2n) is 5.93. The number of rotatable bonds is 7. The smallest absolute Gasteiger partial charge is 0.270 e. The molecule has 0 bridgehead atoms. The lowest BCUT2D eigenvalue weighted by Gasteiger charge is -2.17. The largest absolute Gasteiger partial charge is 0.497 e. The number of aromatic nitrogens is 1. The first kappa shape index (κ1) is 18.6. The molecular weight excluding hydrogens is 320 g/mol. The summed E-state index contributed by atoms with van der Waals surface area (Å²) in [5, 5.41) is 0. The average Bonchev–Trinajstić information content (AvgIpc) is 2.89. The Hall–Kier alpha value is -2.76. The number of ketones is 1. The van der Waals surface area contributed by atoms with Gasteiger partial charge in [0.15, 0.2) is 5.78 Å². The van der Waals surface area contributed by atoms with Gasteiger partial charge >= 0.3 is 0 Å². The number of Topliss-reactive ketones (excluding diaryl/α,β-unsaturated/α-hetero) is 1. The van der Waals surface area contributed by atoms with Crippen LogP contribution in [0.4, 0.5) is 0 Å². The number of nitrogens with zero attached hydrogens (tertiary/aromatic N) is 1. The summed E-state index contributed by atoms with van der Waals surface area (Å²) in [6.45, 7) is 5.89. The number of carbonyl (C=O) groups excluding carboxylic acids is 2. The van der Waals surface area contributed by atoms with Gasteiger partial charge in [0, 0.05) is 18.3 Å². The van der Waals surface area contributed by atoms with Crippen molar-refractivity contribution in [3.8, 4) is 11.5 Å². The topological polar surface area (TPSA) is 71.6 Å². The van der Waals surface area contributed by atoms with E-state index < -0.39 is 0 Å². The van der Waals surface area contributed by atoms with Gasteiger partial charge in [0.25, 0.3) is 5.91 Å². The van der Waals surface area contributed by atoms with Crippen molar-refractivity contribution >= 4 is 11.7 Å². The van der Waals surface area contributed by atoms with Gasteiger partial charge in [-0.3, -0.25) is 9.59 Å². The minimum Gasteiger partial charge on any atom is -0.497 e.